The molecule has 3 aromatic rings. The van der Waals surface area contributed by atoms with Gasteiger partial charge in [-0.25, -0.2) is 15.0 Å². The maximum atomic E-state index is 12.4. The van der Waals surface area contributed by atoms with Crippen LogP contribution in [0.5, 0.6) is 0 Å². The number of nitrogens with zero attached hydrogens (tertiary/aromatic N) is 6. The molecule has 0 radical (unpaired) electrons. The molecule has 144 valence electrons. The van der Waals surface area contributed by atoms with Crippen LogP contribution in [0.3, 0.4) is 0 Å². The first kappa shape index (κ1) is 18.4. The number of carbonyl (C=O) groups excluding carboxylic acids is 1. The number of aryl methyl sites for hydroxylation is 1. The smallest absolute Gasteiger partial charge is 0.246 e. The van der Waals surface area contributed by atoms with E-state index in [9.17, 15) is 4.79 Å². The van der Waals surface area contributed by atoms with Gasteiger partial charge in [-0.2, -0.15) is 0 Å². The van der Waals surface area contributed by atoms with E-state index >= 15 is 0 Å². The van der Waals surface area contributed by atoms with Crippen LogP contribution in [0.25, 0.3) is 11.9 Å². The van der Waals surface area contributed by atoms with Crippen molar-refractivity contribution >= 4 is 29.1 Å². The second-order valence-corrected chi connectivity index (χ2v) is 7.66. The number of hydrogen-bond donors (Lipinski definition) is 0. The van der Waals surface area contributed by atoms with Crippen LogP contribution in [0.15, 0.2) is 42.3 Å². The Kier molecular flexibility index (Phi) is 5.21. The van der Waals surface area contributed by atoms with E-state index in [1.54, 1.807) is 30.1 Å². The molecule has 0 aliphatic carbocycles. The van der Waals surface area contributed by atoms with Crippen LogP contribution < -0.4 is 4.90 Å². The van der Waals surface area contributed by atoms with Gasteiger partial charge in [-0.15, -0.1) is 11.3 Å². The molecule has 0 atom stereocenters. The molecule has 0 spiro atoms. The van der Waals surface area contributed by atoms with Crippen LogP contribution in [-0.4, -0.2) is 56.5 Å². The fourth-order valence-corrected chi connectivity index (χ4v) is 3.79. The first-order valence-electron chi connectivity index (χ1n) is 9.20. The van der Waals surface area contributed by atoms with Crippen molar-refractivity contribution in [1.29, 1.82) is 0 Å². The Bertz CT molecular complexity index is 986. The van der Waals surface area contributed by atoms with Crippen LogP contribution in [0.2, 0.25) is 0 Å². The standard InChI is InChI=1S/C20H22N6OS/c1-15-16(2)26(14-23-15)19-12-18(21-13-22-19)24-7-9-25(10-8-24)20(27)6-5-17-4-3-11-28-17/h3-6,11-14H,7-10H2,1-2H3/b6-5+. The summed E-state index contributed by atoms with van der Waals surface area (Å²) in [5.41, 5.74) is 2.06. The summed E-state index contributed by atoms with van der Waals surface area (Å²) in [5.74, 6) is 1.73. The summed E-state index contributed by atoms with van der Waals surface area (Å²) in [6.07, 6.45) is 6.91. The summed E-state index contributed by atoms with van der Waals surface area (Å²) in [7, 11) is 0. The zero-order valence-corrected chi connectivity index (χ0v) is 16.8. The Labute approximate surface area is 168 Å². The predicted molar refractivity (Wildman–Crippen MR) is 111 cm³/mol. The van der Waals surface area contributed by atoms with E-state index in [0.717, 1.165) is 41.0 Å². The maximum Gasteiger partial charge on any atom is 0.246 e. The molecule has 1 amide bonds. The zero-order chi connectivity index (χ0) is 19.5. The van der Waals surface area contributed by atoms with Gasteiger partial charge >= 0.3 is 0 Å². The minimum atomic E-state index is 0.0564. The minimum absolute atomic E-state index is 0.0564. The van der Waals surface area contributed by atoms with Gasteiger partial charge in [0.1, 0.15) is 24.3 Å². The van der Waals surface area contributed by atoms with E-state index in [1.165, 1.54) is 0 Å². The highest BCUT2D eigenvalue weighted by Gasteiger charge is 2.21. The monoisotopic (exact) mass is 394 g/mol. The third-order valence-electron chi connectivity index (χ3n) is 4.99. The summed E-state index contributed by atoms with van der Waals surface area (Å²) in [4.78, 5) is 30.7. The Hall–Kier alpha value is -3.00. The van der Waals surface area contributed by atoms with Gasteiger partial charge in [-0.05, 0) is 31.4 Å². The number of rotatable bonds is 4. The van der Waals surface area contributed by atoms with Crippen molar-refractivity contribution in [1.82, 2.24) is 24.4 Å². The van der Waals surface area contributed by atoms with Crippen molar-refractivity contribution in [3.63, 3.8) is 0 Å². The van der Waals surface area contributed by atoms with Gasteiger partial charge in [0.05, 0.1) is 5.69 Å². The summed E-state index contributed by atoms with van der Waals surface area (Å²) >= 11 is 1.62. The molecule has 4 heterocycles. The fourth-order valence-electron chi connectivity index (χ4n) is 3.17. The van der Waals surface area contributed by atoms with Crippen molar-refractivity contribution in [2.45, 2.75) is 13.8 Å². The highest BCUT2D eigenvalue weighted by molar-refractivity contribution is 7.10. The second kappa shape index (κ2) is 7.93. The molecule has 28 heavy (non-hydrogen) atoms. The van der Waals surface area contributed by atoms with Crippen LogP contribution in [0.4, 0.5) is 5.82 Å². The van der Waals surface area contributed by atoms with E-state index in [-0.39, 0.29) is 5.91 Å². The van der Waals surface area contributed by atoms with E-state index in [4.69, 9.17) is 0 Å². The van der Waals surface area contributed by atoms with Crippen LogP contribution in [0.1, 0.15) is 16.3 Å². The minimum Gasteiger partial charge on any atom is -0.353 e. The van der Waals surface area contributed by atoms with E-state index in [1.807, 2.05) is 53.0 Å². The average Bonchev–Trinajstić information content (AvgIpc) is 3.37. The summed E-state index contributed by atoms with van der Waals surface area (Å²) < 4.78 is 1.97. The Balaban J connectivity index is 1.40. The molecule has 1 fully saturated rings. The quantitative estimate of drug-likeness (QED) is 0.637. The molecule has 0 saturated carbocycles. The molecular weight excluding hydrogens is 372 g/mol. The van der Waals surface area contributed by atoms with Gasteiger partial charge in [0.2, 0.25) is 5.91 Å². The molecule has 1 saturated heterocycles. The molecule has 0 N–H and O–H groups in total. The zero-order valence-electron chi connectivity index (χ0n) is 15.9. The van der Waals surface area contributed by atoms with Crippen molar-refractivity contribution in [2.24, 2.45) is 0 Å². The number of aromatic nitrogens is 4. The highest BCUT2D eigenvalue weighted by atomic mass is 32.1. The van der Waals surface area contributed by atoms with Crippen LogP contribution in [-0.2, 0) is 4.79 Å². The second-order valence-electron chi connectivity index (χ2n) is 6.68. The number of anilines is 1. The molecule has 0 unspecified atom stereocenters. The Morgan fingerprint density at radius 1 is 1.11 bits per heavy atom. The molecule has 3 aromatic heterocycles. The lowest BCUT2D eigenvalue weighted by atomic mass is 10.3. The summed E-state index contributed by atoms with van der Waals surface area (Å²) in [6.45, 7) is 6.86. The number of piperazine rings is 1. The topological polar surface area (TPSA) is 67.2 Å². The first-order valence-corrected chi connectivity index (χ1v) is 10.1. The number of hydrogen-bond acceptors (Lipinski definition) is 6. The van der Waals surface area contributed by atoms with Crippen molar-refractivity contribution < 1.29 is 4.79 Å². The molecule has 1 aliphatic rings. The molecule has 4 rings (SSSR count). The van der Waals surface area contributed by atoms with E-state index in [2.05, 4.69) is 19.9 Å². The summed E-state index contributed by atoms with van der Waals surface area (Å²) in [5, 5.41) is 2.01. The lowest BCUT2D eigenvalue weighted by Crippen LogP contribution is -2.48. The predicted octanol–water partition coefficient (Wildman–Crippen LogP) is 2.70. The van der Waals surface area contributed by atoms with Crippen molar-refractivity contribution in [3.05, 3.63) is 58.6 Å². The Morgan fingerprint density at radius 3 is 2.57 bits per heavy atom. The molecular formula is C20H22N6OS. The third kappa shape index (κ3) is 3.82. The maximum absolute atomic E-state index is 12.4. The molecule has 0 aromatic carbocycles. The van der Waals surface area contributed by atoms with Gasteiger partial charge in [0, 0.05) is 48.9 Å². The average molecular weight is 395 g/mol. The normalized spacial score (nSPS) is 14.8. The Morgan fingerprint density at radius 2 is 1.89 bits per heavy atom. The van der Waals surface area contributed by atoms with Gasteiger partial charge < -0.3 is 9.80 Å². The largest absolute Gasteiger partial charge is 0.353 e. The molecule has 1 aliphatic heterocycles. The molecule has 7 nitrogen and oxygen atoms in total. The highest BCUT2D eigenvalue weighted by Crippen LogP contribution is 2.18. The van der Waals surface area contributed by atoms with Crippen molar-refractivity contribution in [2.75, 3.05) is 31.1 Å². The summed E-state index contributed by atoms with van der Waals surface area (Å²) in [6, 6.07) is 5.96. The number of carbonyl (C=O) groups is 1. The molecule has 8 heteroatoms. The van der Waals surface area contributed by atoms with E-state index < -0.39 is 0 Å². The lowest BCUT2D eigenvalue weighted by molar-refractivity contribution is -0.126. The van der Waals surface area contributed by atoms with Gasteiger partial charge in [-0.1, -0.05) is 6.07 Å². The third-order valence-corrected chi connectivity index (χ3v) is 5.82. The van der Waals surface area contributed by atoms with Gasteiger partial charge in [-0.3, -0.25) is 9.36 Å². The molecule has 0 bridgehead atoms. The van der Waals surface area contributed by atoms with Crippen molar-refractivity contribution in [3.8, 4) is 5.82 Å². The first-order chi connectivity index (χ1) is 13.6. The number of thiophene rings is 1. The fraction of sp³-hybridized carbons (Fsp3) is 0.300. The van der Waals surface area contributed by atoms with Crippen LogP contribution in [0, 0.1) is 13.8 Å². The number of amides is 1. The van der Waals surface area contributed by atoms with E-state index in [0.29, 0.717) is 13.1 Å². The van der Waals surface area contributed by atoms with Crippen LogP contribution >= 0.6 is 11.3 Å². The van der Waals surface area contributed by atoms with Gasteiger partial charge in [0.25, 0.3) is 0 Å². The SMILES string of the molecule is Cc1ncn(-c2cc(N3CCN(C(=O)/C=C/c4cccs4)CC3)ncn2)c1C. The number of imidazole rings is 1. The lowest BCUT2D eigenvalue weighted by Gasteiger charge is -2.35. The van der Waals surface area contributed by atoms with Gasteiger partial charge in [0.15, 0.2) is 0 Å².